The van der Waals surface area contributed by atoms with Crippen molar-refractivity contribution in [1.29, 1.82) is 0 Å². The van der Waals surface area contributed by atoms with Crippen LogP contribution in [0.3, 0.4) is 0 Å². The van der Waals surface area contributed by atoms with Gasteiger partial charge >= 0.3 is 0 Å². The maximum atomic E-state index is 9.99. The third-order valence-corrected chi connectivity index (χ3v) is 0.593. The summed E-state index contributed by atoms with van der Waals surface area (Å²) < 4.78 is 0. The van der Waals surface area contributed by atoms with Crippen LogP contribution in [0.25, 0.3) is 0 Å². The molecule has 1 aromatic rings. The van der Waals surface area contributed by atoms with Gasteiger partial charge in [0, 0.05) is 0 Å². The normalized spacial score (nSPS) is 9.14. The molecule has 0 aliphatic carbocycles. The molecule has 1 heterocycles. The molecule has 1 aromatic heterocycles. The van der Waals surface area contributed by atoms with Crippen LogP contribution in [-0.4, -0.2) is 10.2 Å². The van der Waals surface area contributed by atoms with Gasteiger partial charge in [-0.05, 0) is 0 Å². The Morgan fingerprint density at radius 1 is 1.86 bits per heavy atom. The first-order valence-corrected chi connectivity index (χ1v) is 1.76. The van der Waals surface area contributed by atoms with Crippen molar-refractivity contribution in [3.63, 3.8) is 0 Å². The summed E-state index contributed by atoms with van der Waals surface area (Å²) in [5.74, 6) is -0.116. The second-order valence-electron chi connectivity index (χ2n) is 1.14. The summed E-state index contributed by atoms with van der Waals surface area (Å²) in [6.07, 6.45) is 1.18. The van der Waals surface area contributed by atoms with Gasteiger partial charge in [-0.25, -0.2) is 0 Å². The zero-order valence-electron chi connectivity index (χ0n) is 3.46. The Hall–Kier alpha value is -1.19. The number of aromatic nitrogens is 2. The van der Waals surface area contributed by atoms with Crippen molar-refractivity contribution in [2.45, 2.75) is 0 Å². The largest absolute Gasteiger partial charge is 0.596 e. The second kappa shape index (κ2) is 1.14. The van der Waals surface area contributed by atoms with E-state index >= 15 is 0 Å². The predicted octanol–water partition coefficient (Wildman–Crippen LogP) is -0.646. The van der Waals surface area contributed by atoms with E-state index in [9.17, 15) is 5.21 Å². The molecule has 1 rings (SSSR count). The molecule has 0 fully saturated rings. The van der Waals surface area contributed by atoms with Crippen LogP contribution < -0.4 is 4.85 Å². The molecule has 7 heavy (non-hydrogen) atoms. The van der Waals surface area contributed by atoms with Crippen molar-refractivity contribution in [1.82, 2.24) is 5.10 Å². The first-order chi connectivity index (χ1) is 3.29. The molecule has 0 saturated heterocycles. The van der Waals surface area contributed by atoms with E-state index in [4.69, 9.17) is 5.11 Å². The Kier molecular flexibility index (Phi) is 0.651. The molecule has 0 aliphatic rings. The van der Waals surface area contributed by atoms with Gasteiger partial charge in [-0.3, -0.25) is 0 Å². The van der Waals surface area contributed by atoms with E-state index in [1.165, 1.54) is 12.3 Å². The van der Waals surface area contributed by atoms with Gasteiger partial charge in [0.15, 0.2) is 0 Å². The molecule has 0 spiro atoms. The lowest BCUT2D eigenvalue weighted by atomic mass is 10.7. The first kappa shape index (κ1) is 3.98. The van der Waals surface area contributed by atoms with E-state index in [0.29, 0.717) is 4.85 Å². The van der Waals surface area contributed by atoms with Crippen molar-refractivity contribution >= 4 is 0 Å². The smallest absolute Gasteiger partial charge is 0.248 e. The molecule has 0 aliphatic heterocycles. The SMILES string of the molecule is [O-][n+]1ccc(O)[nH]1. The number of aromatic hydroxyl groups is 1. The number of hydrogen-bond acceptors (Lipinski definition) is 2. The highest BCUT2D eigenvalue weighted by Gasteiger charge is 1.90. The van der Waals surface area contributed by atoms with Crippen molar-refractivity contribution in [3.8, 4) is 5.88 Å². The molecule has 0 amide bonds. The lowest BCUT2D eigenvalue weighted by Gasteiger charge is -1.81. The van der Waals surface area contributed by atoms with Crippen LogP contribution >= 0.6 is 0 Å². The van der Waals surface area contributed by atoms with E-state index < -0.39 is 0 Å². The lowest BCUT2D eigenvalue weighted by molar-refractivity contribution is -0.665. The van der Waals surface area contributed by atoms with Crippen molar-refractivity contribution in [2.24, 2.45) is 0 Å². The quantitative estimate of drug-likeness (QED) is 0.336. The molecule has 0 aromatic carbocycles. The summed E-state index contributed by atoms with van der Waals surface area (Å²) in [5.41, 5.74) is 0. The Bertz CT molecular complexity index is 143. The Morgan fingerprint density at radius 2 is 2.57 bits per heavy atom. The van der Waals surface area contributed by atoms with E-state index in [0.717, 1.165) is 0 Å². The van der Waals surface area contributed by atoms with Gasteiger partial charge in [0.2, 0.25) is 12.1 Å². The van der Waals surface area contributed by atoms with Gasteiger partial charge in [0.25, 0.3) is 0 Å². The minimum atomic E-state index is -0.116. The number of nitrogens with zero attached hydrogens (tertiary/aromatic N) is 1. The van der Waals surface area contributed by atoms with E-state index in [1.54, 1.807) is 0 Å². The maximum absolute atomic E-state index is 9.99. The highest BCUT2D eigenvalue weighted by Crippen LogP contribution is 1.93. The number of rotatable bonds is 0. The number of hydrogen-bond donors (Lipinski definition) is 2. The molecular formula is C3H4N2O2. The van der Waals surface area contributed by atoms with Gasteiger partial charge in [-0.15, -0.1) is 5.10 Å². The highest BCUT2D eigenvalue weighted by atomic mass is 16.5. The fourth-order valence-corrected chi connectivity index (χ4v) is 0.326. The van der Waals surface area contributed by atoms with Crippen LogP contribution in [0.5, 0.6) is 5.88 Å². The third kappa shape index (κ3) is 0.623. The molecule has 4 heteroatoms. The standard InChI is InChI=1S/C3H4N2O2/c6-3-1-2-5(7)4-3/h1-2,4,6H. The Labute approximate surface area is 39.6 Å². The minimum absolute atomic E-state index is 0.116. The summed E-state index contributed by atoms with van der Waals surface area (Å²) in [4.78, 5) is 0.412. The molecule has 4 nitrogen and oxygen atoms in total. The second-order valence-corrected chi connectivity index (χ2v) is 1.14. The summed E-state index contributed by atoms with van der Waals surface area (Å²) in [7, 11) is 0. The molecule has 0 radical (unpaired) electrons. The van der Waals surface area contributed by atoms with Gasteiger partial charge in [0.1, 0.15) is 0 Å². The molecule has 0 bridgehead atoms. The van der Waals surface area contributed by atoms with Crippen LogP contribution in [0.4, 0.5) is 0 Å². The van der Waals surface area contributed by atoms with Crippen LogP contribution in [0, 0.1) is 5.21 Å². The zero-order valence-corrected chi connectivity index (χ0v) is 3.46. The van der Waals surface area contributed by atoms with E-state index in [1.807, 2.05) is 0 Å². The number of H-pyrrole nitrogens is 1. The molecule has 0 unspecified atom stereocenters. The Morgan fingerprint density at radius 3 is 2.71 bits per heavy atom. The predicted molar refractivity (Wildman–Crippen MR) is 21.4 cm³/mol. The summed E-state index contributed by atoms with van der Waals surface area (Å²) in [6, 6.07) is 1.27. The summed E-state index contributed by atoms with van der Waals surface area (Å²) in [6.45, 7) is 0. The van der Waals surface area contributed by atoms with Gasteiger partial charge < -0.3 is 10.3 Å². The maximum Gasteiger partial charge on any atom is 0.248 e. The van der Waals surface area contributed by atoms with E-state index in [2.05, 4.69) is 5.10 Å². The first-order valence-electron chi connectivity index (χ1n) is 1.76. The molecule has 0 atom stereocenters. The fourth-order valence-electron chi connectivity index (χ4n) is 0.326. The van der Waals surface area contributed by atoms with Crippen molar-refractivity contribution in [3.05, 3.63) is 17.5 Å². The van der Waals surface area contributed by atoms with Crippen LogP contribution in [0.1, 0.15) is 0 Å². The lowest BCUT2D eigenvalue weighted by Crippen LogP contribution is -2.25. The molecular weight excluding hydrogens is 96.0 g/mol. The summed E-state index contributed by atoms with van der Waals surface area (Å²) >= 11 is 0. The minimum Gasteiger partial charge on any atom is -0.596 e. The Balaban J connectivity index is 3.04. The van der Waals surface area contributed by atoms with Crippen molar-refractivity contribution < 1.29 is 9.95 Å². The van der Waals surface area contributed by atoms with Crippen LogP contribution in [0.15, 0.2) is 12.3 Å². The topological polar surface area (TPSA) is 63.0 Å². The van der Waals surface area contributed by atoms with E-state index in [-0.39, 0.29) is 5.88 Å². The number of aromatic amines is 1. The average Bonchev–Trinajstić information content (AvgIpc) is 1.87. The molecule has 38 valence electrons. The fraction of sp³-hybridized carbons (Fsp3) is 0. The average molecular weight is 100 g/mol. The van der Waals surface area contributed by atoms with Crippen LogP contribution in [-0.2, 0) is 0 Å². The van der Waals surface area contributed by atoms with Gasteiger partial charge in [-0.1, -0.05) is 4.85 Å². The van der Waals surface area contributed by atoms with Crippen LogP contribution in [0.2, 0.25) is 0 Å². The highest BCUT2D eigenvalue weighted by molar-refractivity contribution is 4.97. The third-order valence-electron chi connectivity index (χ3n) is 0.593. The zero-order chi connectivity index (χ0) is 5.28. The van der Waals surface area contributed by atoms with Crippen molar-refractivity contribution in [2.75, 3.05) is 0 Å². The number of nitrogens with one attached hydrogen (secondary N) is 1. The van der Waals surface area contributed by atoms with Gasteiger partial charge in [0.05, 0.1) is 6.07 Å². The molecule has 0 saturated carbocycles. The monoisotopic (exact) mass is 100 g/mol. The summed E-state index contributed by atoms with van der Waals surface area (Å²) in [5, 5.41) is 20.4. The van der Waals surface area contributed by atoms with Gasteiger partial charge in [-0.2, -0.15) is 0 Å². The molecule has 2 N–H and O–H groups in total.